The molecule has 0 heterocycles. The molecule has 0 radical (unpaired) electrons. The van der Waals surface area contributed by atoms with Gasteiger partial charge in [0.2, 0.25) is 0 Å². The summed E-state index contributed by atoms with van der Waals surface area (Å²) in [6.07, 6.45) is 36.3. The second-order valence-electron chi connectivity index (χ2n) is 10.5. The summed E-state index contributed by atoms with van der Waals surface area (Å²) < 4.78 is 0. The third kappa shape index (κ3) is 10.7. The van der Waals surface area contributed by atoms with Crippen molar-refractivity contribution in [2.24, 2.45) is 17.8 Å². The zero-order valence-electron chi connectivity index (χ0n) is 19.7. The first-order valence-corrected chi connectivity index (χ1v) is 13.9. The van der Waals surface area contributed by atoms with Crippen LogP contribution in [-0.2, 0) is 0 Å². The van der Waals surface area contributed by atoms with E-state index in [1.807, 2.05) is 0 Å². The van der Waals surface area contributed by atoms with E-state index in [2.05, 4.69) is 6.92 Å². The molecule has 0 saturated heterocycles. The zero-order valence-corrected chi connectivity index (χ0v) is 19.7. The van der Waals surface area contributed by atoms with Crippen molar-refractivity contribution in [3.05, 3.63) is 0 Å². The molecule has 0 heteroatoms. The van der Waals surface area contributed by atoms with Gasteiger partial charge < -0.3 is 0 Å². The molecule has 0 bridgehead atoms. The minimum Gasteiger partial charge on any atom is -0.0654 e. The molecule has 2 atom stereocenters. The lowest BCUT2D eigenvalue weighted by molar-refractivity contribution is 0.248. The fourth-order valence-corrected chi connectivity index (χ4v) is 6.38. The van der Waals surface area contributed by atoms with E-state index in [0.717, 1.165) is 17.8 Å². The van der Waals surface area contributed by atoms with Crippen molar-refractivity contribution < 1.29 is 0 Å². The second kappa shape index (κ2) is 16.8. The lowest BCUT2D eigenvalue weighted by Crippen LogP contribution is -2.16. The van der Waals surface area contributed by atoms with Crippen molar-refractivity contribution in [1.82, 2.24) is 0 Å². The first kappa shape index (κ1) is 24.3. The van der Waals surface area contributed by atoms with Crippen molar-refractivity contribution in [3.8, 4) is 0 Å². The summed E-state index contributed by atoms with van der Waals surface area (Å²) in [6.45, 7) is 2.31. The van der Waals surface area contributed by atoms with Crippen LogP contribution in [0.25, 0.3) is 0 Å². The van der Waals surface area contributed by atoms with Gasteiger partial charge in [-0.05, 0) is 24.2 Å². The average Bonchev–Trinajstić information content (AvgIpc) is 3.39. The summed E-state index contributed by atoms with van der Waals surface area (Å²) >= 11 is 0. The van der Waals surface area contributed by atoms with Gasteiger partial charge in [0.25, 0.3) is 0 Å². The maximum Gasteiger partial charge on any atom is -0.0357 e. The standard InChI is InChI=1S/C28H54/c1-2-3-4-5-6-7-8-9-10-11-12-13-14-15-16-17-21-27-24-20-25-28(27)26-22-18-19-23-26/h26-28H,2-25H2,1H3. The minimum absolute atomic E-state index is 1.12. The topological polar surface area (TPSA) is 0 Å². The van der Waals surface area contributed by atoms with Gasteiger partial charge in [0.15, 0.2) is 0 Å². The molecule has 0 N–H and O–H groups in total. The number of rotatable bonds is 18. The zero-order chi connectivity index (χ0) is 19.7. The fourth-order valence-electron chi connectivity index (χ4n) is 6.38. The van der Waals surface area contributed by atoms with Crippen molar-refractivity contribution >= 4 is 0 Å². The molecule has 0 aromatic heterocycles. The Bertz CT molecular complexity index is 327. The van der Waals surface area contributed by atoms with Gasteiger partial charge in [-0.2, -0.15) is 0 Å². The van der Waals surface area contributed by atoms with Crippen LogP contribution in [0.15, 0.2) is 0 Å². The predicted octanol–water partition coefficient (Wildman–Crippen LogP) is 10.2. The van der Waals surface area contributed by atoms with Crippen molar-refractivity contribution in [1.29, 1.82) is 0 Å². The SMILES string of the molecule is CCCCCCCCCCCCCCCCCCC1CCCC1C1CCCC1. The van der Waals surface area contributed by atoms with Gasteiger partial charge in [-0.3, -0.25) is 0 Å². The molecular weight excluding hydrogens is 336 g/mol. The van der Waals surface area contributed by atoms with Crippen molar-refractivity contribution in [3.63, 3.8) is 0 Å². The third-order valence-corrected chi connectivity index (χ3v) is 8.15. The molecule has 0 aromatic rings. The molecule has 2 fully saturated rings. The van der Waals surface area contributed by atoms with Gasteiger partial charge in [-0.15, -0.1) is 0 Å². The van der Waals surface area contributed by atoms with Gasteiger partial charge in [0.05, 0.1) is 0 Å². The van der Waals surface area contributed by atoms with Crippen LogP contribution in [-0.4, -0.2) is 0 Å². The van der Waals surface area contributed by atoms with E-state index in [9.17, 15) is 0 Å². The van der Waals surface area contributed by atoms with Crippen LogP contribution >= 0.6 is 0 Å². The Morgan fingerprint density at radius 1 is 0.464 bits per heavy atom. The fraction of sp³-hybridized carbons (Fsp3) is 1.00. The quantitative estimate of drug-likeness (QED) is 0.204. The molecule has 0 amide bonds. The molecule has 0 nitrogen and oxygen atoms in total. The number of hydrogen-bond donors (Lipinski definition) is 0. The highest BCUT2D eigenvalue weighted by atomic mass is 14.4. The summed E-state index contributed by atoms with van der Waals surface area (Å²) in [6, 6.07) is 0. The molecule has 2 rings (SSSR count). The number of hydrogen-bond acceptors (Lipinski definition) is 0. The highest BCUT2D eigenvalue weighted by Gasteiger charge is 2.34. The monoisotopic (exact) mass is 390 g/mol. The maximum atomic E-state index is 2.31. The molecule has 0 aliphatic heterocycles. The summed E-state index contributed by atoms with van der Waals surface area (Å²) in [7, 11) is 0. The molecule has 2 aliphatic carbocycles. The van der Waals surface area contributed by atoms with Crippen molar-refractivity contribution in [2.45, 2.75) is 161 Å². The van der Waals surface area contributed by atoms with Crippen LogP contribution in [0.4, 0.5) is 0 Å². The van der Waals surface area contributed by atoms with E-state index < -0.39 is 0 Å². The highest BCUT2D eigenvalue weighted by molar-refractivity contribution is 4.85. The lowest BCUT2D eigenvalue weighted by atomic mass is 9.80. The van der Waals surface area contributed by atoms with Crippen LogP contribution in [0, 0.1) is 17.8 Å². The largest absolute Gasteiger partial charge is 0.0654 e. The smallest absolute Gasteiger partial charge is 0.0357 e. The van der Waals surface area contributed by atoms with E-state index in [0.29, 0.717) is 0 Å². The Morgan fingerprint density at radius 3 is 1.43 bits per heavy atom. The summed E-state index contributed by atoms with van der Waals surface area (Å²) in [5.41, 5.74) is 0. The molecule has 2 aliphatic rings. The Morgan fingerprint density at radius 2 is 0.929 bits per heavy atom. The van der Waals surface area contributed by atoms with Crippen molar-refractivity contribution in [2.75, 3.05) is 0 Å². The van der Waals surface area contributed by atoms with Crippen LogP contribution in [0.1, 0.15) is 161 Å². The normalized spacial score (nSPS) is 23.0. The van der Waals surface area contributed by atoms with Crippen LogP contribution in [0.5, 0.6) is 0 Å². The Labute approximate surface area is 179 Å². The molecular formula is C28H54. The highest BCUT2D eigenvalue weighted by Crippen LogP contribution is 2.45. The van der Waals surface area contributed by atoms with Crippen LogP contribution < -0.4 is 0 Å². The third-order valence-electron chi connectivity index (χ3n) is 8.15. The maximum absolute atomic E-state index is 2.31. The Hall–Kier alpha value is 0. The number of unbranched alkanes of at least 4 members (excludes halogenated alkanes) is 15. The molecule has 2 saturated carbocycles. The van der Waals surface area contributed by atoms with E-state index >= 15 is 0 Å². The Kier molecular flexibility index (Phi) is 14.5. The van der Waals surface area contributed by atoms with Crippen LogP contribution in [0.3, 0.4) is 0 Å². The Balaban J connectivity index is 1.29. The molecule has 0 spiro atoms. The van der Waals surface area contributed by atoms with Crippen LogP contribution in [0.2, 0.25) is 0 Å². The van der Waals surface area contributed by atoms with Gasteiger partial charge >= 0.3 is 0 Å². The average molecular weight is 391 g/mol. The van der Waals surface area contributed by atoms with Gasteiger partial charge in [-0.25, -0.2) is 0 Å². The summed E-state index contributed by atoms with van der Waals surface area (Å²) in [5.74, 6) is 3.39. The molecule has 0 aromatic carbocycles. The predicted molar refractivity (Wildman–Crippen MR) is 127 cm³/mol. The van der Waals surface area contributed by atoms with E-state index in [1.165, 1.54) is 116 Å². The second-order valence-corrected chi connectivity index (χ2v) is 10.5. The minimum atomic E-state index is 1.12. The van der Waals surface area contributed by atoms with Gasteiger partial charge in [0.1, 0.15) is 0 Å². The molecule has 2 unspecified atom stereocenters. The van der Waals surface area contributed by atoms with Gasteiger partial charge in [0, 0.05) is 0 Å². The lowest BCUT2D eigenvalue weighted by Gasteiger charge is -2.25. The molecule has 28 heavy (non-hydrogen) atoms. The van der Waals surface area contributed by atoms with E-state index in [4.69, 9.17) is 0 Å². The molecule has 166 valence electrons. The first-order chi connectivity index (χ1) is 13.9. The first-order valence-electron chi connectivity index (χ1n) is 13.9. The van der Waals surface area contributed by atoms with E-state index in [1.54, 1.807) is 38.5 Å². The van der Waals surface area contributed by atoms with E-state index in [-0.39, 0.29) is 0 Å². The van der Waals surface area contributed by atoms with Gasteiger partial charge in [-0.1, -0.05) is 155 Å². The summed E-state index contributed by atoms with van der Waals surface area (Å²) in [4.78, 5) is 0. The summed E-state index contributed by atoms with van der Waals surface area (Å²) in [5, 5.41) is 0.